The molecular formula is C21H22N4O7S. The lowest BCUT2D eigenvalue weighted by Crippen LogP contribution is -2.37. The Hall–Kier alpha value is -3.51. The predicted octanol–water partition coefficient (Wildman–Crippen LogP) is 2.56. The number of fused-ring (bicyclic) bond motifs is 1. The van der Waals surface area contributed by atoms with E-state index in [9.17, 15) is 28.1 Å². The highest BCUT2D eigenvalue weighted by molar-refractivity contribution is 7.89. The van der Waals surface area contributed by atoms with Crippen molar-refractivity contribution in [2.45, 2.75) is 31.2 Å². The van der Waals surface area contributed by atoms with E-state index in [0.717, 1.165) is 23.5 Å². The summed E-state index contributed by atoms with van der Waals surface area (Å²) in [6.45, 7) is 2.69. The summed E-state index contributed by atoms with van der Waals surface area (Å²) in [5.74, 6) is -0.860. The number of nitrogens with zero attached hydrogens (tertiary/aromatic N) is 3. The van der Waals surface area contributed by atoms with E-state index in [-0.39, 0.29) is 28.2 Å². The number of rotatable bonds is 6. The van der Waals surface area contributed by atoms with Crippen molar-refractivity contribution < 1.29 is 22.6 Å². The van der Waals surface area contributed by atoms with Crippen molar-refractivity contribution >= 4 is 38.4 Å². The van der Waals surface area contributed by atoms with Crippen molar-refractivity contribution in [3.05, 3.63) is 63.1 Å². The van der Waals surface area contributed by atoms with Crippen LogP contribution in [0.1, 0.15) is 19.8 Å². The van der Waals surface area contributed by atoms with Crippen molar-refractivity contribution in [2.24, 2.45) is 5.92 Å². The van der Waals surface area contributed by atoms with Gasteiger partial charge in [-0.05, 0) is 49.1 Å². The Bertz CT molecular complexity index is 1370. The van der Waals surface area contributed by atoms with Gasteiger partial charge in [0.25, 0.3) is 5.69 Å². The summed E-state index contributed by atoms with van der Waals surface area (Å²) in [6, 6.07) is 9.50. The van der Waals surface area contributed by atoms with Gasteiger partial charge in [-0.2, -0.15) is 4.31 Å². The van der Waals surface area contributed by atoms with Crippen molar-refractivity contribution in [3.8, 4) is 0 Å². The van der Waals surface area contributed by atoms with Crippen molar-refractivity contribution in [2.75, 3.05) is 18.4 Å². The zero-order valence-electron chi connectivity index (χ0n) is 17.8. The summed E-state index contributed by atoms with van der Waals surface area (Å²) in [5, 5.41) is 13.5. The molecule has 0 spiro atoms. The summed E-state index contributed by atoms with van der Waals surface area (Å²) >= 11 is 0. The highest BCUT2D eigenvalue weighted by Gasteiger charge is 2.28. The number of nitro groups is 1. The molecule has 12 heteroatoms. The van der Waals surface area contributed by atoms with Gasteiger partial charge in [0.1, 0.15) is 6.54 Å². The van der Waals surface area contributed by atoms with E-state index < -0.39 is 26.6 Å². The van der Waals surface area contributed by atoms with Gasteiger partial charge in [0, 0.05) is 24.8 Å². The van der Waals surface area contributed by atoms with E-state index in [1.165, 1.54) is 40.7 Å². The molecule has 1 fully saturated rings. The standard InChI is InChI=1S/C21H22N4O7S/c1-14-8-10-23(11-9-14)33(30,31)17-5-2-15(3-6-17)22-20(26)13-24-18-7-4-16(25(28)29)12-19(18)32-21(24)27/h2-7,12,14H,8-11,13H2,1H3,(H,22,26). The van der Waals surface area contributed by atoms with E-state index in [1.807, 2.05) is 0 Å². The lowest BCUT2D eigenvalue weighted by Gasteiger charge is -2.29. The number of hydrogen-bond acceptors (Lipinski definition) is 7. The Labute approximate surface area is 188 Å². The molecule has 0 bridgehead atoms. The number of piperidine rings is 1. The third-order valence-electron chi connectivity index (χ3n) is 5.68. The molecule has 0 atom stereocenters. The number of nitro benzene ring substituents is 1. The summed E-state index contributed by atoms with van der Waals surface area (Å²) < 4.78 is 33.2. The Balaban J connectivity index is 1.46. The number of oxazole rings is 1. The number of hydrogen-bond donors (Lipinski definition) is 1. The zero-order chi connectivity index (χ0) is 23.8. The number of amides is 1. The Kier molecular flexibility index (Phi) is 6.04. The second kappa shape index (κ2) is 8.79. The quantitative estimate of drug-likeness (QED) is 0.427. The fourth-order valence-corrected chi connectivity index (χ4v) is 5.22. The molecular weight excluding hydrogens is 452 g/mol. The van der Waals surface area contributed by atoms with Gasteiger partial charge in [0.2, 0.25) is 15.9 Å². The van der Waals surface area contributed by atoms with Crippen LogP contribution in [0.3, 0.4) is 0 Å². The maximum absolute atomic E-state index is 12.8. The SMILES string of the molecule is CC1CCN(S(=O)(=O)c2ccc(NC(=O)Cn3c(=O)oc4cc([N+](=O)[O-])ccc43)cc2)CC1. The van der Waals surface area contributed by atoms with Crippen molar-refractivity contribution in [1.29, 1.82) is 0 Å². The third kappa shape index (κ3) is 4.66. The lowest BCUT2D eigenvalue weighted by atomic mass is 10.0. The van der Waals surface area contributed by atoms with Gasteiger partial charge < -0.3 is 9.73 Å². The highest BCUT2D eigenvalue weighted by atomic mass is 32.2. The molecule has 1 aliphatic rings. The van der Waals surface area contributed by atoms with Gasteiger partial charge in [-0.15, -0.1) is 0 Å². The minimum Gasteiger partial charge on any atom is -0.407 e. The fourth-order valence-electron chi connectivity index (χ4n) is 3.75. The minimum atomic E-state index is -3.60. The van der Waals surface area contributed by atoms with Crippen LogP contribution in [-0.2, 0) is 21.4 Å². The molecule has 4 rings (SSSR count). The first-order valence-electron chi connectivity index (χ1n) is 10.3. The largest absolute Gasteiger partial charge is 0.420 e. The van der Waals surface area contributed by atoms with E-state index in [1.54, 1.807) is 0 Å². The number of benzene rings is 2. The second-order valence-corrected chi connectivity index (χ2v) is 9.96. The normalized spacial score (nSPS) is 15.5. The maximum atomic E-state index is 12.8. The molecule has 33 heavy (non-hydrogen) atoms. The van der Waals surface area contributed by atoms with Crippen LogP contribution in [-0.4, -0.2) is 41.2 Å². The number of nitrogens with one attached hydrogen (secondary N) is 1. The van der Waals surface area contributed by atoms with Crippen molar-refractivity contribution in [1.82, 2.24) is 8.87 Å². The van der Waals surface area contributed by atoms with E-state index in [4.69, 9.17) is 4.42 Å². The van der Waals surface area contributed by atoms with Crippen LogP contribution in [0, 0.1) is 16.0 Å². The molecule has 0 unspecified atom stereocenters. The number of aromatic nitrogens is 1. The van der Waals surface area contributed by atoms with Gasteiger partial charge in [-0.3, -0.25) is 19.5 Å². The first-order valence-corrected chi connectivity index (χ1v) is 11.8. The molecule has 174 valence electrons. The van der Waals surface area contributed by atoms with Crippen LogP contribution in [0.15, 0.2) is 56.6 Å². The maximum Gasteiger partial charge on any atom is 0.420 e. The molecule has 2 aromatic carbocycles. The topological polar surface area (TPSA) is 145 Å². The molecule has 1 aromatic heterocycles. The molecule has 0 saturated carbocycles. The number of non-ortho nitro benzene ring substituents is 1. The average Bonchev–Trinajstić information content (AvgIpc) is 3.08. The average molecular weight is 474 g/mol. The van der Waals surface area contributed by atoms with Crippen molar-refractivity contribution in [3.63, 3.8) is 0 Å². The molecule has 3 aromatic rings. The first kappa shape index (κ1) is 22.7. The van der Waals surface area contributed by atoms with E-state index in [2.05, 4.69) is 12.2 Å². The summed E-state index contributed by atoms with van der Waals surface area (Å²) in [4.78, 5) is 35.0. The molecule has 1 saturated heterocycles. The molecule has 11 nitrogen and oxygen atoms in total. The van der Waals surface area contributed by atoms with Crippen LogP contribution < -0.4 is 11.1 Å². The first-order chi connectivity index (χ1) is 15.6. The lowest BCUT2D eigenvalue weighted by molar-refractivity contribution is -0.384. The number of carbonyl (C=O) groups excluding carboxylic acids is 1. The smallest absolute Gasteiger partial charge is 0.407 e. The Morgan fingerprint density at radius 1 is 1.18 bits per heavy atom. The van der Waals surface area contributed by atoms with Gasteiger partial charge in [0.15, 0.2) is 5.58 Å². The van der Waals surface area contributed by atoms with Crippen LogP contribution in [0.25, 0.3) is 11.1 Å². The Morgan fingerprint density at radius 2 is 1.85 bits per heavy atom. The van der Waals surface area contributed by atoms with Crippen LogP contribution in [0.2, 0.25) is 0 Å². The zero-order valence-corrected chi connectivity index (χ0v) is 18.6. The minimum absolute atomic E-state index is 0.00339. The molecule has 0 radical (unpaired) electrons. The molecule has 1 N–H and O–H groups in total. The summed E-state index contributed by atoms with van der Waals surface area (Å²) in [6.07, 6.45) is 1.64. The van der Waals surface area contributed by atoms with Gasteiger partial charge >= 0.3 is 5.76 Å². The van der Waals surface area contributed by atoms with Crippen LogP contribution in [0.4, 0.5) is 11.4 Å². The highest BCUT2D eigenvalue weighted by Crippen LogP contribution is 2.24. The van der Waals surface area contributed by atoms with Crippen LogP contribution >= 0.6 is 0 Å². The van der Waals surface area contributed by atoms with Gasteiger partial charge in [-0.25, -0.2) is 13.2 Å². The summed E-state index contributed by atoms with van der Waals surface area (Å²) in [7, 11) is -3.60. The monoisotopic (exact) mass is 474 g/mol. The van der Waals surface area contributed by atoms with Crippen LogP contribution in [0.5, 0.6) is 0 Å². The second-order valence-electron chi connectivity index (χ2n) is 8.02. The third-order valence-corrected chi connectivity index (χ3v) is 7.60. The van der Waals surface area contributed by atoms with E-state index in [0.29, 0.717) is 24.7 Å². The number of sulfonamides is 1. The number of carbonyl (C=O) groups is 1. The molecule has 2 heterocycles. The molecule has 0 aliphatic carbocycles. The van der Waals surface area contributed by atoms with Gasteiger partial charge in [0.05, 0.1) is 21.4 Å². The fraction of sp³-hybridized carbons (Fsp3) is 0.333. The number of anilines is 1. The van der Waals surface area contributed by atoms with Gasteiger partial charge in [-0.1, -0.05) is 6.92 Å². The summed E-state index contributed by atoms with van der Waals surface area (Å²) in [5.41, 5.74) is 0.381. The Morgan fingerprint density at radius 3 is 2.48 bits per heavy atom. The van der Waals surface area contributed by atoms with E-state index >= 15 is 0 Å². The predicted molar refractivity (Wildman–Crippen MR) is 119 cm³/mol. The molecule has 1 aliphatic heterocycles. The molecule has 1 amide bonds.